The van der Waals surface area contributed by atoms with Gasteiger partial charge in [0.1, 0.15) is 29.8 Å². The van der Waals surface area contributed by atoms with Gasteiger partial charge < -0.3 is 26.0 Å². The number of aromatic amines is 1. The minimum absolute atomic E-state index is 0.0197. The first-order chi connectivity index (χ1) is 18.0. The minimum Gasteiger partial charge on any atom is -0.480 e. The highest BCUT2D eigenvalue weighted by molar-refractivity contribution is 5.90. The van der Waals surface area contributed by atoms with Gasteiger partial charge in [-0.3, -0.25) is 19.0 Å². The van der Waals surface area contributed by atoms with Crippen molar-refractivity contribution in [3.63, 3.8) is 0 Å². The van der Waals surface area contributed by atoms with Crippen LogP contribution in [0.3, 0.4) is 0 Å². The molecule has 0 fully saturated rings. The number of carbonyl (C=O) groups is 3. The number of aliphatic carboxylic acids is 1. The number of fused-ring (bicyclic) bond motifs is 1. The molecule has 0 spiro atoms. The first kappa shape index (κ1) is 29.2. The molecule has 2 heterocycles. The molecule has 1 aromatic carbocycles. The van der Waals surface area contributed by atoms with Crippen molar-refractivity contribution < 1.29 is 19.5 Å². The summed E-state index contributed by atoms with van der Waals surface area (Å²) in [6.07, 6.45) is 4.17. The van der Waals surface area contributed by atoms with Crippen LogP contribution in [0.5, 0.6) is 0 Å². The highest BCUT2D eigenvalue weighted by Gasteiger charge is 2.29. The van der Waals surface area contributed by atoms with E-state index in [0.717, 1.165) is 27.8 Å². The number of carbonyl (C=O) groups excluding carboxylic acids is 2. The Morgan fingerprint density at radius 1 is 1.00 bits per heavy atom. The number of Topliss-reactive ketones (excluding diaryl/α,β-unsaturated/α-hetero) is 2. The molecule has 4 atom stereocenters. The maximum atomic E-state index is 12.4. The van der Waals surface area contributed by atoms with E-state index in [1.165, 1.54) is 0 Å². The smallest absolute Gasteiger partial charge is 0.321 e. The summed E-state index contributed by atoms with van der Waals surface area (Å²) in [4.78, 5) is 44.1. The van der Waals surface area contributed by atoms with E-state index >= 15 is 0 Å². The molecule has 0 saturated heterocycles. The summed E-state index contributed by atoms with van der Waals surface area (Å²) < 4.78 is 1.84. The van der Waals surface area contributed by atoms with Crippen molar-refractivity contribution in [3.05, 3.63) is 47.5 Å². The van der Waals surface area contributed by atoms with Gasteiger partial charge in [-0.2, -0.15) is 0 Å². The number of aromatic nitrogens is 3. The average molecular weight is 525 g/mol. The molecule has 3 rings (SSSR count). The van der Waals surface area contributed by atoms with Crippen molar-refractivity contribution in [2.75, 3.05) is 21.1 Å². The lowest BCUT2D eigenvalue weighted by atomic mass is 9.80. The third-order valence-electron chi connectivity index (χ3n) is 7.32. The second-order valence-corrected chi connectivity index (χ2v) is 10.2. The number of carboxylic acid groups (broad SMARTS) is 1. The number of ketones is 2. The average Bonchev–Trinajstić information content (AvgIpc) is 3.47. The molecule has 0 aliphatic heterocycles. The number of H-pyrrole nitrogens is 1. The molecule has 0 aliphatic carbocycles. The van der Waals surface area contributed by atoms with Gasteiger partial charge in [0, 0.05) is 35.0 Å². The first-order valence-electron chi connectivity index (χ1n) is 13.0. The number of nitrogens with one attached hydrogen (secondary N) is 4. The molecule has 2 aromatic heterocycles. The van der Waals surface area contributed by atoms with E-state index in [4.69, 9.17) is 0 Å². The molecule has 206 valence electrons. The van der Waals surface area contributed by atoms with Gasteiger partial charge in [0.05, 0.1) is 17.8 Å². The van der Waals surface area contributed by atoms with Gasteiger partial charge in [-0.1, -0.05) is 26.0 Å². The predicted octanol–water partition coefficient (Wildman–Crippen LogP) is 2.20. The van der Waals surface area contributed by atoms with Gasteiger partial charge in [-0.05, 0) is 59.0 Å². The van der Waals surface area contributed by atoms with Crippen molar-refractivity contribution in [1.29, 1.82) is 0 Å². The van der Waals surface area contributed by atoms with Gasteiger partial charge in [0.25, 0.3) is 0 Å². The SMILES string of the molecule is CN[C@@H](Cc1c(-n2cnc(C[C@H](NC)C(=O)O)c2)[nH]c2cc([C@@H](C(C)C)[C@H](NC)C(C)=O)ccc12)C(C)=O. The van der Waals surface area contributed by atoms with Gasteiger partial charge in [0.15, 0.2) is 0 Å². The van der Waals surface area contributed by atoms with E-state index in [1.807, 2.05) is 23.9 Å². The summed E-state index contributed by atoms with van der Waals surface area (Å²) >= 11 is 0. The van der Waals surface area contributed by atoms with Crippen LogP contribution in [0.1, 0.15) is 50.4 Å². The van der Waals surface area contributed by atoms with Crippen LogP contribution < -0.4 is 16.0 Å². The molecular weight excluding hydrogens is 484 g/mol. The van der Waals surface area contributed by atoms with E-state index in [-0.39, 0.29) is 41.9 Å². The third kappa shape index (κ3) is 6.20. The number of hydrogen-bond acceptors (Lipinski definition) is 7. The quantitative estimate of drug-likeness (QED) is 0.216. The Balaban J connectivity index is 2.14. The highest BCUT2D eigenvalue weighted by atomic mass is 16.4. The normalized spacial score (nSPS) is 14.9. The summed E-state index contributed by atoms with van der Waals surface area (Å²) in [6, 6.07) is 4.77. The van der Waals surface area contributed by atoms with Crippen LogP contribution >= 0.6 is 0 Å². The maximum absolute atomic E-state index is 12.4. The molecule has 0 unspecified atom stereocenters. The summed E-state index contributed by atoms with van der Waals surface area (Å²) in [5, 5.41) is 19.5. The number of carboxylic acids is 1. The van der Waals surface area contributed by atoms with Crippen molar-refractivity contribution in [3.8, 4) is 5.82 Å². The van der Waals surface area contributed by atoms with E-state index in [1.54, 1.807) is 34.3 Å². The number of likely N-dealkylation sites (N-methyl/N-ethyl adjacent to an activating group) is 3. The standard InChI is InChI=1S/C28H40N6O4/c1-15(2)25(26(31-7)17(4)36)18-8-9-20-21(12-22(29-5)16(3)35)27(33-23(20)10-18)34-13-19(32-14-34)11-24(30-6)28(37)38/h8-10,13-15,22,24-26,29-31,33H,11-12H2,1-7H3,(H,37,38)/t22-,24-,25+,26+/m0/s1. The molecular formula is C28H40N6O4. The Kier molecular flexibility index (Phi) is 9.59. The van der Waals surface area contributed by atoms with E-state index in [9.17, 15) is 19.5 Å². The zero-order chi connectivity index (χ0) is 28.1. The fourth-order valence-corrected chi connectivity index (χ4v) is 5.26. The predicted molar refractivity (Wildman–Crippen MR) is 148 cm³/mol. The number of benzene rings is 1. The molecule has 3 aromatic rings. The second-order valence-electron chi connectivity index (χ2n) is 10.2. The summed E-state index contributed by atoms with van der Waals surface area (Å²) in [6.45, 7) is 7.40. The van der Waals surface area contributed by atoms with Crippen molar-refractivity contribution >= 4 is 28.4 Å². The molecule has 0 radical (unpaired) electrons. The Labute approximate surface area is 223 Å². The third-order valence-corrected chi connectivity index (χ3v) is 7.32. The lowest BCUT2D eigenvalue weighted by molar-refractivity contribution is -0.139. The number of rotatable bonds is 14. The number of nitrogens with zero attached hydrogens (tertiary/aromatic N) is 2. The fourth-order valence-electron chi connectivity index (χ4n) is 5.26. The Bertz CT molecular complexity index is 1290. The maximum Gasteiger partial charge on any atom is 0.321 e. The van der Waals surface area contributed by atoms with E-state index in [2.05, 4.69) is 51.9 Å². The van der Waals surface area contributed by atoms with Gasteiger partial charge in [-0.15, -0.1) is 0 Å². The molecule has 0 bridgehead atoms. The van der Waals surface area contributed by atoms with Crippen LogP contribution in [-0.4, -0.2) is 76.4 Å². The van der Waals surface area contributed by atoms with Crippen LogP contribution in [0.25, 0.3) is 16.7 Å². The van der Waals surface area contributed by atoms with Crippen molar-refractivity contribution in [2.45, 2.75) is 64.6 Å². The lowest BCUT2D eigenvalue weighted by Gasteiger charge is -2.28. The molecule has 5 N–H and O–H groups in total. The monoisotopic (exact) mass is 524 g/mol. The van der Waals surface area contributed by atoms with E-state index in [0.29, 0.717) is 12.1 Å². The second kappa shape index (κ2) is 12.5. The number of hydrogen-bond donors (Lipinski definition) is 5. The van der Waals surface area contributed by atoms with Gasteiger partial charge in [-0.25, -0.2) is 4.98 Å². The first-order valence-corrected chi connectivity index (χ1v) is 13.0. The number of imidazole rings is 1. The summed E-state index contributed by atoms with van der Waals surface area (Å²) in [7, 11) is 5.19. The highest BCUT2D eigenvalue weighted by Crippen LogP contribution is 2.34. The fraction of sp³-hybridized carbons (Fsp3) is 0.500. The molecule has 0 saturated carbocycles. The Hall–Kier alpha value is -3.34. The van der Waals surface area contributed by atoms with Crippen molar-refractivity contribution in [1.82, 2.24) is 30.5 Å². The summed E-state index contributed by atoms with van der Waals surface area (Å²) in [5.74, 6) is 0.154. The molecule has 0 aliphatic rings. The van der Waals surface area contributed by atoms with Crippen LogP contribution in [0.15, 0.2) is 30.7 Å². The lowest BCUT2D eigenvalue weighted by Crippen LogP contribution is -2.40. The molecule has 38 heavy (non-hydrogen) atoms. The van der Waals surface area contributed by atoms with Crippen LogP contribution in [0.4, 0.5) is 0 Å². The minimum atomic E-state index is -0.940. The van der Waals surface area contributed by atoms with Crippen LogP contribution in [0.2, 0.25) is 0 Å². The van der Waals surface area contributed by atoms with E-state index < -0.39 is 12.0 Å². The molecule has 10 heteroatoms. The Morgan fingerprint density at radius 2 is 1.68 bits per heavy atom. The largest absolute Gasteiger partial charge is 0.480 e. The van der Waals surface area contributed by atoms with Crippen molar-refractivity contribution in [2.24, 2.45) is 5.92 Å². The molecule has 0 amide bonds. The van der Waals surface area contributed by atoms with Gasteiger partial charge >= 0.3 is 5.97 Å². The van der Waals surface area contributed by atoms with Gasteiger partial charge in [0.2, 0.25) is 0 Å². The molecule has 10 nitrogen and oxygen atoms in total. The summed E-state index contributed by atoms with van der Waals surface area (Å²) in [5.41, 5.74) is 3.52. The Morgan fingerprint density at radius 3 is 2.21 bits per heavy atom. The van der Waals surface area contributed by atoms with Crippen LogP contribution in [0, 0.1) is 5.92 Å². The topological polar surface area (TPSA) is 141 Å². The zero-order valence-corrected chi connectivity index (χ0v) is 23.3. The van der Waals surface area contributed by atoms with Crippen LogP contribution in [-0.2, 0) is 27.2 Å². The zero-order valence-electron chi connectivity index (χ0n) is 23.3.